The maximum atomic E-state index is 13.4. The molecule has 3 rings (SSSR count). The highest BCUT2D eigenvalue weighted by molar-refractivity contribution is 7.99. The van der Waals surface area contributed by atoms with E-state index in [-0.39, 0.29) is 30.6 Å². The molecule has 0 spiro atoms. The molecule has 0 aliphatic rings. The predicted molar refractivity (Wildman–Crippen MR) is 132 cm³/mol. The van der Waals surface area contributed by atoms with Crippen molar-refractivity contribution in [3.05, 3.63) is 101 Å². The van der Waals surface area contributed by atoms with Gasteiger partial charge in [0.05, 0.1) is 0 Å². The fourth-order valence-corrected chi connectivity index (χ4v) is 4.40. The molecule has 0 aliphatic heterocycles. The first-order valence-corrected chi connectivity index (χ1v) is 12.0. The molecular weight excluding hydrogens is 459 g/mol. The van der Waals surface area contributed by atoms with E-state index in [4.69, 9.17) is 11.6 Å². The minimum atomic E-state index is -0.685. The van der Waals surface area contributed by atoms with Crippen LogP contribution in [-0.4, -0.2) is 35.6 Å². The van der Waals surface area contributed by atoms with E-state index >= 15 is 0 Å². The number of carbonyl (C=O) groups is 2. The summed E-state index contributed by atoms with van der Waals surface area (Å²) >= 11 is 7.49. The smallest absolute Gasteiger partial charge is 0.242 e. The van der Waals surface area contributed by atoms with Crippen LogP contribution in [0.5, 0.6) is 0 Å². The van der Waals surface area contributed by atoms with E-state index in [1.807, 2.05) is 54.6 Å². The van der Waals surface area contributed by atoms with Gasteiger partial charge in [-0.25, -0.2) is 4.39 Å². The van der Waals surface area contributed by atoms with Gasteiger partial charge in [0.2, 0.25) is 11.8 Å². The monoisotopic (exact) mass is 484 g/mol. The summed E-state index contributed by atoms with van der Waals surface area (Å²) in [7, 11) is 1.57. The number of thioether (sulfide) groups is 1. The van der Waals surface area contributed by atoms with Crippen LogP contribution in [0.25, 0.3) is 0 Å². The minimum absolute atomic E-state index is 0.134. The van der Waals surface area contributed by atoms with Crippen molar-refractivity contribution < 1.29 is 14.0 Å². The summed E-state index contributed by atoms with van der Waals surface area (Å²) in [5, 5.41) is 3.35. The third kappa shape index (κ3) is 7.62. The van der Waals surface area contributed by atoms with E-state index in [9.17, 15) is 14.0 Å². The zero-order valence-corrected chi connectivity index (χ0v) is 19.9. The number of nitrogens with zero attached hydrogens (tertiary/aromatic N) is 1. The molecule has 0 radical (unpaired) electrons. The van der Waals surface area contributed by atoms with Gasteiger partial charge in [-0.1, -0.05) is 54.1 Å². The molecule has 172 valence electrons. The molecule has 33 heavy (non-hydrogen) atoms. The molecule has 0 saturated carbocycles. The van der Waals surface area contributed by atoms with Crippen molar-refractivity contribution in [2.75, 3.05) is 12.8 Å². The van der Waals surface area contributed by atoms with Gasteiger partial charge in [-0.2, -0.15) is 0 Å². The number of amides is 2. The Balaban J connectivity index is 1.79. The number of benzene rings is 3. The van der Waals surface area contributed by atoms with Gasteiger partial charge in [0.1, 0.15) is 11.9 Å². The van der Waals surface area contributed by atoms with E-state index in [1.54, 1.807) is 35.8 Å². The lowest BCUT2D eigenvalue weighted by Gasteiger charge is -2.31. The average Bonchev–Trinajstić information content (AvgIpc) is 2.83. The molecule has 1 atom stereocenters. The summed E-state index contributed by atoms with van der Waals surface area (Å²) in [5.41, 5.74) is 1.72. The van der Waals surface area contributed by atoms with Gasteiger partial charge >= 0.3 is 0 Å². The van der Waals surface area contributed by atoms with Crippen molar-refractivity contribution in [3.8, 4) is 0 Å². The Bertz CT molecular complexity index is 1050. The Morgan fingerprint density at radius 3 is 2.27 bits per heavy atom. The first kappa shape index (κ1) is 24.8. The Morgan fingerprint density at radius 2 is 1.64 bits per heavy atom. The van der Waals surface area contributed by atoms with Gasteiger partial charge in [0, 0.05) is 42.1 Å². The van der Waals surface area contributed by atoms with Gasteiger partial charge in [0.25, 0.3) is 0 Å². The van der Waals surface area contributed by atoms with Crippen molar-refractivity contribution in [3.63, 3.8) is 0 Å². The van der Waals surface area contributed by atoms with Crippen molar-refractivity contribution in [1.29, 1.82) is 0 Å². The Morgan fingerprint density at radius 1 is 0.970 bits per heavy atom. The largest absolute Gasteiger partial charge is 0.357 e. The highest BCUT2D eigenvalue weighted by atomic mass is 35.5. The third-order valence-corrected chi connectivity index (χ3v) is 6.45. The molecule has 3 aromatic rings. The van der Waals surface area contributed by atoms with Gasteiger partial charge in [-0.05, 0) is 47.5 Å². The second-order valence-electron chi connectivity index (χ2n) is 7.52. The van der Waals surface area contributed by atoms with Crippen molar-refractivity contribution >= 4 is 35.2 Å². The second-order valence-corrected chi connectivity index (χ2v) is 9.13. The van der Waals surface area contributed by atoms with E-state index in [0.29, 0.717) is 17.2 Å². The van der Waals surface area contributed by atoms with Gasteiger partial charge < -0.3 is 10.2 Å². The van der Waals surface area contributed by atoms with Gasteiger partial charge in [-0.3, -0.25) is 9.59 Å². The summed E-state index contributed by atoms with van der Waals surface area (Å²) in [4.78, 5) is 28.8. The van der Waals surface area contributed by atoms with Crippen LogP contribution in [0.15, 0.2) is 83.8 Å². The maximum Gasteiger partial charge on any atom is 0.242 e. The van der Waals surface area contributed by atoms with E-state index in [0.717, 1.165) is 16.0 Å². The van der Waals surface area contributed by atoms with Crippen LogP contribution in [0.1, 0.15) is 17.5 Å². The van der Waals surface area contributed by atoms with Crippen LogP contribution in [0.4, 0.5) is 4.39 Å². The number of nitrogens with one attached hydrogen (secondary N) is 1. The molecule has 0 bridgehead atoms. The van der Waals surface area contributed by atoms with Crippen molar-refractivity contribution in [2.24, 2.45) is 0 Å². The lowest BCUT2D eigenvalue weighted by Crippen LogP contribution is -2.49. The molecule has 0 aromatic heterocycles. The van der Waals surface area contributed by atoms with E-state index < -0.39 is 6.04 Å². The fourth-order valence-electron chi connectivity index (χ4n) is 3.44. The van der Waals surface area contributed by atoms with Gasteiger partial charge in [-0.15, -0.1) is 11.8 Å². The van der Waals surface area contributed by atoms with Crippen LogP contribution >= 0.6 is 23.4 Å². The average molecular weight is 485 g/mol. The predicted octanol–water partition coefficient (Wildman–Crippen LogP) is 5.35. The Labute approximate surface area is 203 Å². The molecule has 0 saturated heterocycles. The first-order valence-electron chi connectivity index (χ1n) is 10.6. The Hall–Kier alpha value is -2.83. The van der Waals surface area contributed by atoms with E-state index in [2.05, 4.69) is 5.32 Å². The summed E-state index contributed by atoms with van der Waals surface area (Å²) in [6.45, 7) is 0.218. The Kier molecular flexibility index (Phi) is 9.34. The first-order chi connectivity index (χ1) is 16.0. The SMILES string of the molecule is CNC(=O)C(Cc1ccccc1)N(Cc1ccc(F)cc1)C(=O)CCSc1ccc(Cl)cc1. The highest BCUT2D eigenvalue weighted by Crippen LogP contribution is 2.22. The summed E-state index contributed by atoms with van der Waals surface area (Å²) < 4.78 is 13.4. The molecule has 1 N–H and O–H groups in total. The zero-order chi connectivity index (χ0) is 23.6. The van der Waals surface area contributed by atoms with Crippen LogP contribution in [-0.2, 0) is 22.6 Å². The molecule has 0 fully saturated rings. The number of carbonyl (C=O) groups excluding carboxylic acids is 2. The fraction of sp³-hybridized carbons (Fsp3) is 0.231. The lowest BCUT2D eigenvalue weighted by molar-refractivity contribution is -0.140. The number of hydrogen-bond donors (Lipinski definition) is 1. The van der Waals surface area contributed by atoms with E-state index in [1.165, 1.54) is 12.1 Å². The quantitative estimate of drug-likeness (QED) is 0.395. The normalized spacial score (nSPS) is 11.6. The van der Waals surface area contributed by atoms with Gasteiger partial charge in [0.15, 0.2) is 0 Å². The highest BCUT2D eigenvalue weighted by Gasteiger charge is 2.29. The summed E-state index contributed by atoms with van der Waals surface area (Å²) in [6, 6.07) is 22.4. The molecule has 3 aromatic carbocycles. The number of rotatable bonds is 10. The molecule has 0 heterocycles. The van der Waals surface area contributed by atoms with Crippen molar-refractivity contribution in [2.45, 2.75) is 30.3 Å². The zero-order valence-electron chi connectivity index (χ0n) is 18.3. The molecular formula is C26H26ClFN2O2S. The van der Waals surface area contributed by atoms with Crippen LogP contribution in [0, 0.1) is 5.82 Å². The number of halogens is 2. The molecule has 4 nitrogen and oxygen atoms in total. The molecule has 0 aliphatic carbocycles. The molecule has 7 heteroatoms. The van der Waals surface area contributed by atoms with Crippen LogP contribution in [0.3, 0.4) is 0 Å². The lowest BCUT2D eigenvalue weighted by atomic mass is 10.0. The second kappa shape index (κ2) is 12.4. The topological polar surface area (TPSA) is 49.4 Å². The van der Waals surface area contributed by atoms with Crippen LogP contribution < -0.4 is 5.32 Å². The summed E-state index contributed by atoms with van der Waals surface area (Å²) in [5.74, 6) is -0.153. The standard InChI is InChI=1S/C26H26ClFN2O2S/c1-29-26(32)24(17-19-5-3-2-4-6-19)30(18-20-7-11-22(28)12-8-20)25(31)15-16-33-23-13-9-21(27)10-14-23/h2-14,24H,15-18H2,1H3,(H,29,32). The summed E-state index contributed by atoms with van der Waals surface area (Å²) in [6.07, 6.45) is 0.647. The number of hydrogen-bond acceptors (Lipinski definition) is 3. The van der Waals surface area contributed by atoms with Crippen molar-refractivity contribution in [1.82, 2.24) is 10.2 Å². The minimum Gasteiger partial charge on any atom is -0.357 e. The molecule has 1 unspecified atom stereocenters. The third-order valence-electron chi connectivity index (χ3n) is 5.18. The number of likely N-dealkylation sites (N-methyl/N-ethyl adjacent to an activating group) is 1. The van der Waals surface area contributed by atoms with Crippen LogP contribution in [0.2, 0.25) is 5.02 Å². The molecule has 2 amide bonds. The maximum absolute atomic E-state index is 13.4.